The van der Waals surface area contributed by atoms with E-state index in [2.05, 4.69) is 5.32 Å². The first-order valence-corrected chi connectivity index (χ1v) is 9.13. The van der Waals surface area contributed by atoms with Gasteiger partial charge in [0.15, 0.2) is 0 Å². The fraction of sp³-hybridized carbons (Fsp3) is 0.368. The fourth-order valence-corrected chi connectivity index (χ4v) is 3.73. The standard InChI is InChI=1S/C19H22N2O2S/c1-13-7-8-14(2)16(11-13)20-18(22)15-5-3-9-21(12-15)19(23)17-6-4-10-24-17/h4,6-8,10-11,15H,3,5,9,12H2,1-2H3,(H,20,22). The number of nitrogens with zero attached hydrogens (tertiary/aromatic N) is 1. The third-order valence-corrected chi connectivity index (χ3v) is 5.32. The number of benzene rings is 1. The molecule has 5 heteroatoms. The van der Waals surface area contributed by atoms with Gasteiger partial charge < -0.3 is 10.2 Å². The molecule has 1 fully saturated rings. The van der Waals surface area contributed by atoms with Gasteiger partial charge in [0.1, 0.15) is 0 Å². The van der Waals surface area contributed by atoms with Crippen LogP contribution >= 0.6 is 11.3 Å². The predicted molar refractivity (Wildman–Crippen MR) is 97.5 cm³/mol. The number of anilines is 1. The Morgan fingerprint density at radius 2 is 2.08 bits per heavy atom. The number of thiophene rings is 1. The molecule has 1 aliphatic heterocycles. The minimum atomic E-state index is -0.150. The van der Waals surface area contributed by atoms with Crippen molar-refractivity contribution in [2.45, 2.75) is 26.7 Å². The van der Waals surface area contributed by atoms with E-state index in [1.54, 1.807) is 0 Å². The molecule has 1 N–H and O–H groups in total. The first kappa shape index (κ1) is 16.7. The van der Waals surface area contributed by atoms with Gasteiger partial charge in [-0.15, -0.1) is 11.3 Å². The largest absolute Gasteiger partial charge is 0.337 e. The van der Waals surface area contributed by atoms with Crippen molar-refractivity contribution in [3.63, 3.8) is 0 Å². The van der Waals surface area contributed by atoms with Crippen LogP contribution in [0.15, 0.2) is 35.7 Å². The summed E-state index contributed by atoms with van der Waals surface area (Å²) >= 11 is 1.45. The summed E-state index contributed by atoms with van der Waals surface area (Å²) in [5.74, 6) is -0.107. The van der Waals surface area contributed by atoms with E-state index in [1.807, 2.05) is 54.5 Å². The molecule has 24 heavy (non-hydrogen) atoms. The van der Waals surface area contributed by atoms with Crippen molar-refractivity contribution in [1.29, 1.82) is 0 Å². The van der Waals surface area contributed by atoms with Crippen LogP contribution in [0.1, 0.15) is 33.6 Å². The van der Waals surface area contributed by atoms with E-state index in [4.69, 9.17) is 0 Å². The Hall–Kier alpha value is -2.14. The average molecular weight is 342 g/mol. The SMILES string of the molecule is Cc1ccc(C)c(NC(=O)C2CCCN(C(=O)c3cccs3)C2)c1. The van der Waals surface area contributed by atoms with E-state index in [0.717, 1.165) is 41.1 Å². The van der Waals surface area contributed by atoms with Crippen molar-refractivity contribution < 1.29 is 9.59 Å². The number of carbonyl (C=O) groups is 2. The lowest BCUT2D eigenvalue weighted by atomic mass is 9.96. The van der Waals surface area contributed by atoms with Crippen LogP contribution in [0.4, 0.5) is 5.69 Å². The van der Waals surface area contributed by atoms with Gasteiger partial charge in [0.25, 0.3) is 5.91 Å². The van der Waals surface area contributed by atoms with Gasteiger partial charge in [-0.3, -0.25) is 9.59 Å². The lowest BCUT2D eigenvalue weighted by Gasteiger charge is -2.32. The number of nitrogens with one attached hydrogen (secondary N) is 1. The Bertz CT molecular complexity index is 740. The highest BCUT2D eigenvalue weighted by molar-refractivity contribution is 7.12. The van der Waals surface area contributed by atoms with Gasteiger partial charge in [-0.25, -0.2) is 0 Å². The molecule has 1 aromatic carbocycles. The van der Waals surface area contributed by atoms with Crippen LogP contribution in [0.5, 0.6) is 0 Å². The van der Waals surface area contributed by atoms with Crippen molar-refractivity contribution in [3.8, 4) is 0 Å². The molecule has 0 saturated carbocycles. The molecule has 1 saturated heterocycles. The number of hydrogen-bond acceptors (Lipinski definition) is 3. The zero-order valence-corrected chi connectivity index (χ0v) is 14.9. The lowest BCUT2D eigenvalue weighted by molar-refractivity contribution is -0.121. The number of amides is 2. The van der Waals surface area contributed by atoms with Gasteiger partial charge in [-0.2, -0.15) is 0 Å². The molecule has 0 radical (unpaired) electrons. The summed E-state index contributed by atoms with van der Waals surface area (Å²) in [5.41, 5.74) is 3.03. The van der Waals surface area contributed by atoms with Crippen LogP contribution in [-0.4, -0.2) is 29.8 Å². The highest BCUT2D eigenvalue weighted by Gasteiger charge is 2.29. The summed E-state index contributed by atoms with van der Waals surface area (Å²) in [6, 6.07) is 9.76. The van der Waals surface area contributed by atoms with Crippen LogP contribution in [0, 0.1) is 19.8 Å². The molecular formula is C19H22N2O2S. The zero-order valence-electron chi connectivity index (χ0n) is 14.0. The third-order valence-electron chi connectivity index (χ3n) is 4.46. The Morgan fingerprint density at radius 3 is 2.83 bits per heavy atom. The van der Waals surface area contributed by atoms with E-state index < -0.39 is 0 Å². The van der Waals surface area contributed by atoms with Crippen LogP contribution in [-0.2, 0) is 4.79 Å². The first-order chi connectivity index (χ1) is 11.5. The molecular weight excluding hydrogens is 320 g/mol. The normalized spacial score (nSPS) is 17.6. The maximum atomic E-state index is 12.6. The second kappa shape index (κ2) is 7.18. The van der Waals surface area contributed by atoms with E-state index in [-0.39, 0.29) is 17.7 Å². The van der Waals surface area contributed by atoms with Crippen molar-refractivity contribution >= 4 is 28.8 Å². The summed E-state index contributed by atoms with van der Waals surface area (Å²) in [7, 11) is 0. The van der Waals surface area contributed by atoms with Gasteiger partial charge in [0.05, 0.1) is 10.8 Å². The summed E-state index contributed by atoms with van der Waals surface area (Å²) in [6.45, 7) is 5.22. The summed E-state index contributed by atoms with van der Waals surface area (Å²) < 4.78 is 0. The molecule has 1 aromatic heterocycles. The Labute approximate surface area is 146 Å². The predicted octanol–water partition coefficient (Wildman–Crippen LogP) is 3.86. The number of aryl methyl sites for hydroxylation is 2. The number of carbonyl (C=O) groups excluding carboxylic acids is 2. The fourth-order valence-electron chi connectivity index (χ4n) is 3.04. The summed E-state index contributed by atoms with van der Waals surface area (Å²) in [5, 5.41) is 4.95. The third kappa shape index (κ3) is 3.67. The zero-order chi connectivity index (χ0) is 17.1. The molecule has 1 unspecified atom stereocenters. The molecule has 0 spiro atoms. The average Bonchev–Trinajstić information content (AvgIpc) is 3.12. The molecule has 2 aromatic rings. The van der Waals surface area contributed by atoms with Crippen LogP contribution < -0.4 is 5.32 Å². The number of hydrogen-bond donors (Lipinski definition) is 1. The van der Waals surface area contributed by atoms with E-state index in [0.29, 0.717) is 6.54 Å². The monoisotopic (exact) mass is 342 g/mol. The molecule has 4 nitrogen and oxygen atoms in total. The Morgan fingerprint density at radius 1 is 1.25 bits per heavy atom. The van der Waals surface area contributed by atoms with Gasteiger partial charge in [0, 0.05) is 18.8 Å². The Balaban J connectivity index is 1.67. The summed E-state index contributed by atoms with van der Waals surface area (Å²) in [4.78, 5) is 27.7. The van der Waals surface area contributed by atoms with Gasteiger partial charge in [0.2, 0.25) is 5.91 Å². The highest BCUT2D eigenvalue weighted by Crippen LogP contribution is 2.23. The molecule has 2 amide bonds. The first-order valence-electron chi connectivity index (χ1n) is 8.25. The van der Waals surface area contributed by atoms with Gasteiger partial charge >= 0.3 is 0 Å². The number of likely N-dealkylation sites (tertiary alicyclic amines) is 1. The van der Waals surface area contributed by atoms with E-state index in [1.165, 1.54) is 11.3 Å². The van der Waals surface area contributed by atoms with E-state index in [9.17, 15) is 9.59 Å². The highest BCUT2D eigenvalue weighted by atomic mass is 32.1. The second-order valence-corrected chi connectivity index (χ2v) is 7.32. The molecule has 126 valence electrons. The molecule has 0 aliphatic carbocycles. The molecule has 3 rings (SSSR count). The number of piperidine rings is 1. The maximum absolute atomic E-state index is 12.6. The van der Waals surface area contributed by atoms with Crippen LogP contribution in [0.3, 0.4) is 0 Å². The van der Waals surface area contributed by atoms with Crippen LogP contribution in [0.25, 0.3) is 0 Å². The topological polar surface area (TPSA) is 49.4 Å². The molecule has 1 atom stereocenters. The minimum Gasteiger partial charge on any atom is -0.337 e. The van der Waals surface area contributed by atoms with Crippen molar-refractivity contribution in [2.75, 3.05) is 18.4 Å². The minimum absolute atomic E-state index is 0.00683. The quantitative estimate of drug-likeness (QED) is 0.921. The van der Waals surface area contributed by atoms with Gasteiger partial charge in [-0.05, 0) is 55.3 Å². The van der Waals surface area contributed by atoms with Crippen molar-refractivity contribution in [1.82, 2.24) is 4.90 Å². The lowest BCUT2D eigenvalue weighted by Crippen LogP contribution is -2.43. The van der Waals surface area contributed by atoms with Crippen LogP contribution in [0.2, 0.25) is 0 Å². The van der Waals surface area contributed by atoms with Crippen molar-refractivity contribution in [2.24, 2.45) is 5.92 Å². The van der Waals surface area contributed by atoms with Gasteiger partial charge in [-0.1, -0.05) is 18.2 Å². The second-order valence-electron chi connectivity index (χ2n) is 6.38. The molecule has 2 heterocycles. The maximum Gasteiger partial charge on any atom is 0.263 e. The Kier molecular flexibility index (Phi) is 5.00. The van der Waals surface area contributed by atoms with Crippen molar-refractivity contribution in [3.05, 3.63) is 51.7 Å². The smallest absolute Gasteiger partial charge is 0.263 e. The van der Waals surface area contributed by atoms with E-state index >= 15 is 0 Å². The molecule has 1 aliphatic rings. The molecule has 0 bridgehead atoms. The number of rotatable bonds is 3. The summed E-state index contributed by atoms with van der Waals surface area (Å²) in [6.07, 6.45) is 1.69.